The van der Waals surface area contributed by atoms with Gasteiger partial charge in [0.15, 0.2) is 0 Å². The maximum Gasteiger partial charge on any atom is 0.119 e. The van der Waals surface area contributed by atoms with E-state index < -0.39 is 0 Å². The van der Waals surface area contributed by atoms with Crippen LogP contribution in [0.15, 0.2) is 18.2 Å². The van der Waals surface area contributed by atoms with Gasteiger partial charge in [0, 0.05) is 24.7 Å². The molecule has 3 atom stereocenters. The first-order valence-electron chi connectivity index (χ1n) is 7.43. The molecule has 0 spiro atoms. The summed E-state index contributed by atoms with van der Waals surface area (Å²) in [5.74, 6) is 0.895. The Balaban J connectivity index is 1.81. The number of fused-ring (bicyclic) bond motifs is 1. The van der Waals surface area contributed by atoms with Crippen LogP contribution in [0, 0.1) is 0 Å². The molecular formula is C16H24N2O2. The lowest BCUT2D eigenvalue weighted by Crippen LogP contribution is -2.48. The van der Waals surface area contributed by atoms with Gasteiger partial charge in [0.1, 0.15) is 5.75 Å². The highest BCUT2D eigenvalue weighted by atomic mass is 16.5. The van der Waals surface area contributed by atoms with Gasteiger partial charge < -0.3 is 15.2 Å². The molecule has 4 nitrogen and oxygen atoms in total. The number of benzene rings is 1. The Morgan fingerprint density at radius 1 is 1.35 bits per heavy atom. The molecule has 4 heteroatoms. The third-order valence-electron chi connectivity index (χ3n) is 4.84. The van der Waals surface area contributed by atoms with E-state index in [0.717, 1.165) is 38.2 Å². The maximum absolute atomic E-state index is 6.54. The van der Waals surface area contributed by atoms with E-state index >= 15 is 0 Å². The number of methoxy groups -OCH3 is 1. The van der Waals surface area contributed by atoms with E-state index in [1.165, 1.54) is 11.1 Å². The van der Waals surface area contributed by atoms with E-state index in [1.807, 2.05) is 6.07 Å². The van der Waals surface area contributed by atoms with Crippen molar-refractivity contribution < 1.29 is 9.47 Å². The van der Waals surface area contributed by atoms with Gasteiger partial charge in [0.2, 0.25) is 0 Å². The van der Waals surface area contributed by atoms with Crippen LogP contribution >= 0.6 is 0 Å². The number of nitrogens with zero attached hydrogens (tertiary/aromatic N) is 1. The lowest BCUT2D eigenvalue weighted by atomic mass is 9.83. The first-order valence-corrected chi connectivity index (χ1v) is 7.43. The molecule has 0 amide bonds. The number of aryl methyl sites for hydroxylation is 1. The second-order valence-electron chi connectivity index (χ2n) is 5.88. The lowest BCUT2D eigenvalue weighted by Gasteiger charge is -2.40. The predicted molar refractivity (Wildman–Crippen MR) is 79.0 cm³/mol. The second kappa shape index (κ2) is 5.72. The normalized spacial score (nSPS) is 29.5. The Morgan fingerprint density at radius 2 is 2.20 bits per heavy atom. The molecule has 0 aromatic heterocycles. The van der Waals surface area contributed by atoms with E-state index in [-0.39, 0.29) is 6.04 Å². The Morgan fingerprint density at radius 3 is 2.90 bits per heavy atom. The summed E-state index contributed by atoms with van der Waals surface area (Å²) in [6.07, 6.45) is 3.33. The number of nitrogens with two attached hydrogens (primary N) is 1. The van der Waals surface area contributed by atoms with Gasteiger partial charge in [-0.3, -0.25) is 4.90 Å². The van der Waals surface area contributed by atoms with Gasteiger partial charge in [0.05, 0.1) is 13.7 Å². The fourth-order valence-corrected chi connectivity index (χ4v) is 3.50. The minimum Gasteiger partial charge on any atom is -0.497 e. The Kier molecular flexibility index (Phi) is 3.96. The van der Waals surface area contributed by atoms with Crippen LogP contribution in [0.25, 0.3) is 0 Å². The van der Waals surface area contributed by atoms with Gasteiger partial charge >= 0.3 is 0 Å². The van der Waals surface area contributed by atoms with Crippen LogP contribution in [0.2, 0.25) is 0 Å². The SMILES string of the molecule is COc1ccc2c(c1)C(N)C(N(C)C1CCOC1)CC2. The van der Waals surface area contributed by atoms with Crippen LogP contribution in [0.1, 0.15) is 30.0 Å². The molecule has 20 heavy (non-hydrogen) atoms. The summed E-state index contributed by atoms with van der Waals surface area (Å²) in [4.78, 5) is 2.43. The molecule has 3 rings (SSSR count). The van der Waals surface area contributed by atoms with Gasteiger partial charge in [-0.2, -0.15) is 0 Å². The average Bonchev–Trinajstić information content (AvgIpc) is 3.01. The molecular weight excluding hydrogens is 252 g/mol. The molecule has 3 unspecified atom stereocenters. The molecule has 110 valence electrons. The monoisotopic (exact) mass is 276 g/mol. The van der Waals surface area contributed by atoms with E-state index in [2.05, 4.69) is 24.1 Å². The average molecular weight is 276 g/mol. The number of hydrogen-bond acceptors (Lipinski definition) is 4. The Labute approximate surface area is 120 Å². The Hall–Kier alpha value is -1.10. The summed E-state index contributed by atoms with van der Waals surface area (Å²) in [6.45, 7) is 1.71. The van der Waals surface area contributed by atoms with Gasteiger partial charge in [-0.1, -0.05) is 6.07 Å². The highest BCUT2D eigenvalue weighted by Gasteiger charge is 2.34. The van der Waals surface area contributed by atoms with E-state index in [4.69, 9.17) is 15.2 Å². The molecule has 2 N–H and O–H groups in total. The van der Waals surface area contributed by atoms with Gasteiger partial charge in [-0.25, -0.2) is 0 Å². The van der Waals surface area contributed by atoms with Crippen molar-refractivity contribution in [3.05, 3.63) is 29.3 Å². The number of rotatable bonds is 3. The second-order valence-corrected chi connectivity index (χ2v) is 5.88. The van der Waals surface area contributed by atoms with E-state index in [9.17, 15) is 0 Å². The highest BCUT2D eigenvalue weighted by Crippen LogP contribution is 2.34. The first-order chi connectivity index (χ1) is 9.70. The van der Waals surface area contributed by atoms with Crippen molar-refractivity contribution in [3.8, 4) is 5.75 Å². The highest BCUT2D eigenvalue weighted by molar-refractivity contribution is 5.40. The maximum atomic E-state index is 6.54. The quantitative estimate of drug-likeness (QED) is 0.913. The van der Waals surface area contributed by atoms with Crippen molar-refractivity contribution in [2.75, 3.05) is 27.4 Å². The van der Waals surface area contributed by atoms with E-state index in [0.29, 0.717) is 12.1 Å². The summed E-state index contributed by atoms with van der Waals surface area (Å²) in [5.41, 5.74) is 9.15. The summed E-state index contributed by atoms with van der Waals surface area (Å²) < 4.78 is 10.8. The van der Waals surface area contributed by atoms with Gasteiger partial charge in [-0.15, -0.1) is 0 Å². The number of likely N-dealkylation sites (N-methyl/N-ethyl adjacent to an activating group) is 1. The van der Waals surface area contributed by atoms with Crippen LogP contribution in [0.5, 0.6) is 5.75 Å². The largest absolute Gasteiger partial charge is 0.497 e. The lowest BCUT2D eigenvalue weighted by molar-refractivity contribution is 0.112. The molecule has 2 aliphatic rings. The summed E-state index contributed by atoms with van der Waals surface area (Å²) in [6, 6.07) is 7.24. The van der Waals surface area contributed by atoms with Crippen LogP contribution < -0.4 is 10.5 Å². The zero-order valence-corrected chi connectivity index (χ0v) is 12.3. The van der Waals surface area contributed by atoms with Crippen LogP contribution in [-0.2, 0) is 11.2 Å². The minimum atomic E-state index is 0.0550. The molecule has 0 saturated carbocycles. The molecule has 1 saturated heterocycles. The van der Waals surface area contributed by atoms with Gasteiger partial charge in [0.25, 0.3) is 0 Å². The smallest absolute Gasteiger partial charge is 0.119 e. The molecule has 0 bridgehead atoms. The third kappa shape index (κ3) is 2.43. The summed E-state index contributed by atoms with van der Waals surface area (Å²) >= 11 is 0. The molecule has 1 aliphatic heterocycles. The predicted octanol–water partition coefficient (Wildman–Crippen LogP) is 1.73. The number of ether oxygens (including phenoxy) is 2. The van der Waals surface area contributed by atoms with Crippen molar-refractivity contribution in [2.24, 2.45) is 5.73 Å². The van der Waals surface area contributed by atoms with Crippen LogP contribution in [-0.4, -0.2) is 44.4 Å². The minimum absolute atomic E-state index is 0.0550. The van der Waals surface area contributed by atoms with Crippen LogP contribution in [0.3, 0.4) is 0 Å². The Bertz CT molecular complexity index is 472. The zero-order valence-electron chi connectivity index (χ0n) is 12.3. The van der Waals surface area contributed by atoms with Crippen LogP contribution in [0.4, 0.5) is 0 Å². The van der Waals surface area contributed by atoms with Crippen molar-refractivity contribution in [1.82, 2.24) is 4.90 Å². The molecule has 1 aromatic rings. The van der Waals surface area contributed by atoms with Crippen molar-refractivity contribution in [1.29, 1.82) is 0 Å². The van der Waals surface area contributed by atoms with Crippen molar-refractivity contribution in [2.45, 2.75) is 37.4 Å². The van der Waals surface area contributed by atoms with Crippen molar-refractivity contribution in [3.63, 3.8) is 0 Å². The fourth-order valence-electron chi connectivity index (χ4n) is 3.50. The van der Waals surface area contributed by atoms with Gasteiger partial charge in [-0.05, 0) is 49.6 Å². The summed E-state index contributed by atoms with van der Waals surface area (Å²) in [7, 11) is 3.89. The number of hydrogen-bond donors (Lipinski definition) is 1. The van der Waals surface area contributed by atoms with Crippen molar-refractivity contribution >= 4 is 0 Å². The standard InChI is InChI=1S/C16H24N2O2/c1-18(12-7-8-20-10-12)15-6-4-11-3-5-13(19-2)9-14(11)16(15)17/h3,5,9,12,15-16H,4,6-8,10,17H2,1-2H3. The molecule has 1 aliphatic carbocycles. The molecule has 1 fully saturated rings. The summed E-state index contributed by atoms with van der Waals surface area (Å²) in [5, 5.41) is 0. The molecule has 1 aromatic carbocycles. The molecule has 0 radical (unpaired) electrons. The topological polar surface area (TPSA) is 47.7 Å². The van der Waals surface area contributed by atoms with E-state index in [1.54, 1.807) is 7.11 Å². The molecule has 1 heterocycles. The fraction of sp³-hybridized carbons (Fsp3) is 0.625. The third-order valence-corrected chi connectivity index (χ3v) is 4.84. The zero-order chi connectivity index (χ0) is 14.1. The first kappa shape index (κ1) is 13.9.